The zero-order valence-corrected chi connectivity index (χ0v) is 17.4. The molecule has 3 aliphatic rings. The van der Waals surface area contributed by atoms with Gasteiger partial charge in [0.1, 0.15) is 12.4 Å². The van der Waals surface area contributed by atoms with Crippen LogP contribution in [-0.2, 0) is 18.3 Å². The highest BCUT2D eigenvalue weighted by Gasteiger charge is 2.28. The zero-order valence-electron chi connectivity index (χ0n) is 17.4. The molecular weight excluding hydrogens is 354 g/mol. The van der Waals surface area contributed by atoms with Crippen LogP contribution in [0.4, 0.5) is 0 Å². The zero-order chi connectivity index (χ0) is 19.3. The number of likely N-dealkylation sites (tertiary alicyclic amines) is 1. The lowest BCUT2D eigenvalue weighted by Gasteiger charge is -2.29. The van der Waals surface area contributed by atoms with Gasteiger partial charge < -0.3 is 19.5 Å². The van der Waals surface area contributed by atoms with Gasteiger partial charge in [-0.05, 0) is 32.1 Å². The van der Waals surface area contributed by atoms with Gasteiger partial charge in [-0.3, -0.25) is 4.90 Å². The Hall–Kier alpha value is -1.67. The quantitative estimate of drug-likeness (QED) is 0.602. The third-order valence-corrected chi connectivity index (χ3v) is 6.45. The molecular formula is C20H35N7O. The maximum absolute atomic E-state index is 5.49. The summed E-state index contributed by atoms with van der Waals surface area (Å²) in [6, 6.07) is 0.568. The second kappa shape index (κ2) is 9.22. The topological polar surface area (TPSA) is 70.8 Å². The van der Waals surface area contributed by atoms with Gasteiger partial charge >= 0.3 is 0 Å². The van der Waals surface area contributed by atoms with E-state index in [9.17, 15) is 0 Å². The van der Waals surface area contributed by atoms with Crippen molar-refractivity contribution >= 4 is 5.96 Å². The van der Waals surface area contributed by atoms with E-state index in [0.717, 1.165) is 57.0 Å². The van der Waals surface area contributed by atoms with E-state index < -0.39 is 0 Å². The highest BCUT2D eigenvalue weighted by molar-refractivity contribution is 5.80. The monoisotopic (exact) mass is 389 g/mol. The molecule has 2 saturated heterocycles. The first kappa shape index (κ1) is 19.6. The van der Waals surface area contributed by atoms with Gasteiger partial charge in [-0.1, -0.05) is 12.8 Å². The van der Waals surface area contributed by atoms with Gasteiger partial charge in [0.05, 0.1) is 13.2 Å². The third kappa shape index (κ3) is 4.84. The molecule has 0 aromatic carbocycles. The number of aliphatic imine (C=N–C) groups is 1. The Morgan fingerprint density at radius 3 is 2.64 bits per heavy atom. The molecule has 0 bridgehead atoms. The van der Waals surface area contributed by atoms with Crippen molar-refractivity contribution in [1.82, 2.24) is 29.9 Å². The Labute approximate surface area is 168 Å². The SMILES string of the molecule is Cc1nnc(CN=C(NC2CCCC2)N2CCC(CN3CCOCC3)C2)n1C. The smallest absolute Gasteiger partial charge is 0.194 e. The number of morpholine rings is 1. The molecule has 3 heterocycles. The highest BCUT2D eigenvalue weighted by Crippen LogP contribution is 2.21. The van der Waals surface area contributed by atoms with Crippen molar-refractivity contribution in [1.29, 1.82) is 0 Å². The molecule has 0 radical (unpaired) electrons. The lowest BCUT2D eigenvalue weighted by atomic mass is 10.1. The van der Waals surface area contributed by atoms with Crippen LogP contribution >= 0.6 is 0 Å². The van der Waals surface area contributed by atoms with E-state index in [2.05, 4.69) is 25.3 Å². The number of hydrogen-bond acceptors (Lipinski definition) is 5. The molecule has 8 nitrogen and oxygen atoms in total. The molecule has 4 rings (SSSR count). The number of nitrogens with one attached hydrogen (secondary N) is 1. The number of nitrogens with zero attached hydrogens (tertiary/aromatic N) is 6. The maximum atomic E-state index is 5.49. The molecule has 2 aliphatic heterocycles. The highest BCUT2D eigenvalue weighted by atomic mass is 16.5. The van der Waals surface area contributed by atoms with Crippen molar-refractivity contribution in [2.75, 3.05) is 45.9 Å². The minimum atomic E-state index is 0.568. The molecule has 28 heavy (non-hydrogen) atoms. The summed E-state index contributed by atoms with van der Waals surface area (Å²) in [6.07, 6.45) is 6.41. The van der Waals surface area contributed by atoms with Crippen LogP contribution < -0.4 is 5.32 Å². The van der Waals surface area contributed by atoms with Gasteiger partial charge in [-0.15, -0.1) is 10.2 Å². The van der Waals surface area contributed by atoms with Crippen LogP contribution in [0.3, 0.4) is 0 Å². The third-order valence-electron chi connectivity index (χ3n) is 6.45. The normalized spacial score (nSPS) is 25.0. The Morgan fingerprint density at radius 2 is 1.93 bits per heavy atom. The number of rotatable bonds is 5. The van der Waals surface area contributed by atoms with Crippen LogP contribution in [0, 0.1) is 12.8 Å². The minimum Gasteiger partial charge on any atom is -0.379 e. The molecule has 1 saturated carbocycles. The first-order valence-electron chi connectivity index (χ1n) is 10.9. The summed E-state index contributed by atoms with van der Waals surface area (Å²) in [4.78, 5) is 9.99. The molecule has 1 aromatic rings. The van der Waals surface area contributed by atoms with Crippen LogP contribution in [0.1, 0.15) is 43.8 Å². The molecule has 8 heteroatoms. The second-order valence-electron chi connectivity index (χ2n) is 8.50. The molecule has 3 fully saturated rings. The second-order valence-corrected chi connectivity index (χ2v) is 8.50. The molecule has 0 spiro atoms. The Balaban J connectivity index is 1.39. The van der Waals surface area contributed by atoms with Gasteiger partial charge in [-0.25, -0.2) is 4.99 Å². The largest absolute Gasteiger partial charge is 0.379 e. The summed E-state index contributed by atoms with van der Waals surface area (Å²) in [5, 5.41) is 12.2. The van der Waals surface area contributed by atoms with E-state index in [-0.39, 0.29) is 0 Å². The van der Waals surface area contributed by atoms with Crippen molar-refractivity contribution in [2.45, 2.75) is 51.6 Å². The Kier molecular flexibility index (Phi) is 6.47. The van der Waals surface area contributed by atoms with Gasteiger partial charge in [0.2, 0.25) is 0 Å². The van der Waals surface area contributed by atoms with E-state index in [0.29, 0.717) is 18.5 Å². The van der Waals surface area contributed by atoms with E-state index in [1.165, 1.54) is 38.6 Å². The van der Waals surface area contributed by atoms with Crippen LogP contribution in [-0.4, -0.2) is 82.5 Å². The summed E-state index contributed by atoms with van der Waals surface area (Å²) in [5.74, 6) is 3.64. The first-order chi connectivity index (χ1) is 13.7. The van der Waals surface area contributed by atoms with Crippen LogP contribution in [0.5, 0.6) is 0 Å². The standard InChI is InChI=1S/C20H35N7O/c1-16-23-24-19(25(16)2)13-21-20(22-18-5-3-4-6-18)27-8-7-17(15-27)14-26-9-11-28-12-10-26/h17-18H,3-15H2,1-2H3,(H,21,22). The van der Waals surface area contributed by atoms with Crippen LogP contribution in [0.15, 0.2) is 4.99 Å². The Morgan fingerprint density at radius 1 is 1.14 bits per heavy atom. The molecule has 0 amide bonds. The van der Waals surface area contributed by atoms with Gasteiger partial charge in [0.15, 0.2) is 11.8 Å². The summed E-state index contributed by atoms with van der Waals surface area (Å²) in [6.45, 7) is 9.82. The summed E-state index contributed by atoms with van der Waals surface area (Å²) >= 11 is 0. The first-order valence-corrected chi connectivity index (χ1v) is 10.9. The van der Waals surface area contributed by atoms with Crippen molar-refractivity contribution < 1.29 is 4.74 Å². The van der Waals surface area contributed by atoms with E-state index in [1.807, 2.05) is 18.5 Å². The minimum absolute atomic E-state index is 0.568. The number of ether oxygens (including phenoxy) is 1. The fourth-order valence-corrected chi connectivity index (χ4v) is 4.55. The van der Waals surface area contributed by atoms with Gasteiger partial charge in [-0.2, -0.15) is 0 Å². The van der Waals surface area contributed by atoms with Crippen molar-refractivity contribution in [2.24, 2.45) is 18.0 Å². The predicted octanol–water partition coefficient (Wildman–Crippen LogP) is 1.17. The lowest BCUT2D eigenvalue weighted by molar-refractivity contribution is 0.0315. The average molecular weight is 390 g/mol. The van der Waals surface area contributed by atoms with Crippen LogP contribution in [0.2, 0.25) is 0 Å². The number of aryl methyl sites for hydroxylation is 1. The number of guanidine groups is 1. The molecule has 1 aromatic heterocycles. The van der Waals surface area contributed by atoms with E-state index in [4.69, 9.17) is 9.73 Å². The number of hydrogen-bond donors (Lipinski definition) is 1. The average Bonchev–Trinajstić information content (AvgIpc) is 3.44. The molecule has 156 valence electrons. The van der Waals surface area contributed by atoms with Gasteiger partial charge in [0, 0.05) is 45.8 Å². The van der Waals surface area contributed by atoms with Gasteiger partial charge in [0.25, 0.3) is 0 Å². The summed E-state index contributed by atoms with van der Waals surface area (Å²) in [5.41, 5.74) is 0. The molecule has 1 atom stereocenters. The fourth-order valence-electron chi connectivity index (χ4n) is 4.55. The van der Waals surface area contributed by atoms with Crippen molar-refractivity contribution in [3.63, 3.8) is 0 Å². The lowest BCUT2D eigenvalue weighted by Crippen LogP contribution is -2.45. The summed E-state index contributed by atoms with van der Waals surface area (Å²) in [7, 11) is 2.01. The molecule has 1 N–H and O–H groups in total. The summed E-state index contributed by atoms with van der Waals surface area (Å²) < 4.78 is 7.52. The van der Waals surface area contributed by atoms with E-state index in [1.54, 1.807) is 0 Å². The maximum Gasteiger partial charge on any atom is 0.194 e. The number of aromatic nitrogens is 3. The van der Waals surface area contributed by atoms with Crippen molar-refractivity contribution in [3.05, 3.63) is 11.6 Å². The predicted molar refractivity (Wildman–Crippen MR) is 109 cm³/mol. The van der Waals surface area contributed by atoms with Crippen molar-refractivity contribution in [3.8, 4) is 0 Å². The van der Waals surface area contributed by atoms with E-state index >= 15 is 0 Å². The Bertz CT molecular complexity index is 662. The molecule has 1 aliphatic carbocycles. The molecule has 1 unspecified atom stereocenters. The van der Waals surface area contributed by atoms with Crippen LogP contribution in [0.25, 0.3) is 0 Å². The fraction of sp³-hybridized carbons (Fsp3) is 0.850.